The van der Waals surface area contributed by atoms with Gasteiger partial charge < -0.3 is 9.73 Å². The van der Waals surface area contributed by atoms with Crippen molar-refractivity contribution in [1.29, 1.82) is 0 Å². The molecule has 0 bridgehead atoms. The van der Waals surface area contributed by atoms with Crippen molar-refractivity contribution in [2.24, 2.45) is 11.8 Å². The van der Waals surface area contributed by atoms with E-state index in [1.54, 1.807) is 0 Å². The van der Waals surface area contributed by atoms with Gasteiger partial charge in [0.15, 0.2) is 5.58 Å². The number of aromatic nitrogens is 1. The molecule has 0 aromatic carbocycles. The molecule has 0 amide bonds. The Morgan fingerprint density at radius 2 is 2.35 bits per heavy atom. The third kappa shape index (κ3) is 1.42. The summed E-state index contributed by atoms with van der Waals surface area (Å²) in [6.45, 7) is 2.26. The highest BCUT2D eigenvalue weighted by atomic mass is 16.3. The van der Waals surface area contributed by atoms with Gasteiger partial charge in [-0.05, 0) is 42.5 Å². The first-order valence-corrected chi connectivity index (χ1v) is 6.16. The van der Waals surface area contributed by atoms with Gasteiger partial charge in [-0.15, -0.1) is 0 Å². The molecule has 17 heavy (non-hydrogen) atoms. The Morgan fingerprint density at radius 3 is 3.24 bits per heavy atom. The van der Waals surface area contributed by atoms with E-state index in [0.717, 1.165) is 42.3 Å². The molecule has 2 atom stereocenters. The molecule has 3 heterocycles. The van der Waals surface area contributed by atoms with Crippen molar-refractivity contribution in [2.75, 3.05) is 13.1 Å². The van der Waals surface area contributed by atoms with Crippen LogP contribution in [0.2, 0.25) is 0 Å². The van der Waals surface area contributed by atoms with E-state index < -0.39 is 0 Å². The molecule has 86 valence electrons. The first-order chi connectivity index (χ1) is 8.40. The van der Waals surface area contributed by atoms with Gasteiger partial charge in [-0.2, -0.15) is 0 Å². The normalized spacial score (nSPS) is 27.4. The second kappa shape index (κ2) is 3.44. The molecule has 2 aliphatic rings. The van der Waals surface area contributed by atoms with Crippen molar-refractivity contribution in [3.05, 3.63) is 36.2 Å². The number of hydrogen-bond donors (Lipinski definition) is 1. The number of pyridine rings is 1. The van der Waals surface area contributed by atoms with Gasteiger partial charge in [-0.1, -0.05) is 6.08 Å². The number of allylic oxidation sites excluding steroid dienone is 1. The molecule has 1 aliphatic heterocycles. The molecule has 1 N–H and O–H groups in total. The molecule has 1 saturated heterocycles. The van der Waals surface area contributed by atoms with E-state index in [1.165, 1.54) is 5.57 Å². The lowest BCUT2D eigenvalue weighted by Gasteiger charge is -2.04. The van der Waals surface area contributed by atoms with Crippen LogP contribution in [-0.4, -0.2) is 18.1 Å². The van der Waals surface area contributed by atoms with Crippen molar-refractivity contribution in [1.82, 2.24) is 10.3 Å². The zero-order chi connectivity index (χ0) is 11.2. The van der Waals surface area contributed by atoms with Crippen LogP contribution < -0.4 is 5.32 Å². The van der Waals surface area contributed by atoms with Crippen LogP contribution in [0.25, 0.3) is 16.7 Å². The summed E-state index contributed by atoms with van der Waals surface area (Å²) < 4.78 is 5.87. The Labute approximate surface area is 99.5 Å². The summed E-state index contributed by atoms with van der Waals surface area (Å²) in [6.07, 6.45) is 5.32. The topological polar surface area (TPSA) is 38.1 Å². The predicted molar refractivity (Wildman–Crippen MR) is 66.5 cm³/mol. The van der Waals surface area contributed by atoms with Gasteiger partial charge in [-0.3, -0.25) is 4.98 Å². The Kier molecular flexibility index (Phi) is 1.91. The molecule has 0 saturated carbocycles. The lowest BCUT2D eigenvalue weighted by molar-refractivity contribution is 0.531. The summed E-state index contributed by atoms with van der Waals surface area (Å²) in [5.41, 5.74) is 3.21. The summed E-state index contributed by atoms with van der Waals surface area (Å²) in [6, 6.07) is 5.96. The molecule has 3 nitrogen and oxygen atoms in total. The maximum atomic E-state index is 5.87. The zero-order valence-electron chi connectivity index (χ0n) is 9.52. The van der Waals surface area contributed by atoms with Crippen LogP contribution in [0.3, 0.4) is 0 Å². The number of nitrogens with zero attached hydrogens (tertiary/aromatic N) is 1. The molecule has 2 aromatic heterocycles. The number of fused-ring (bicyclic) bond motifs is 2. The maximum Gasteiger partial charge on any atom is 0.153 e. The maximum absolute atomic E-state index is 5.87. The van der Waals surface area contributed by atoms with Crippen LogP contribution in [0.1, 0.15) is 12.2 Å². The minimum atomic E-state index is 0.700. The highest BCUT2D eigenvalue weighted by Crippen LogP contribution is 2.39. The third-order valence-electron chi connectivity index (χ3n) is 3.89. The fraction of sp³-hybridized carbons (Fsp3) is 0.357. The van der Waals surface area contributed by atoms with Crippen LogP contribution in [0, 0.1) is 11.8 Å². The summed E-state index contributed by atoms with van der Waals surface area (Å²) in [5, 5.41) is 3.44. The second-order valence-corrected chi connectivity index (χ2v) is 4.98. The molecule has 1 fully saturated rings. The molecule has 3 heteroatoms. The molecule has 2 aromatic rings. The van der Waals surface area contributed by atoms with Crippen molar-refractivity contribution in [3.8, 4) is 0 Å². The SMILES string of the molecule is C1=C(c2cc3ncccc3o2)CC2CNCC12. The second-order valence-electron chi connectivity index (χ2n) is 4.98. The van der Waals surface area contributed by atoms with Crippen LogP contribution in [0.5, 0.6) is 0 Å². The highest BCUT2D eigenvalue weighted by molar-refractivity contribution is 5.78. The Balaban J connectivity index is 1.75. The molecule has 4 rings (SSSR count). The van der Waals surface area contributed by atoms with E-state index >= 15 is 0 Å². The van der Waals surface area contributed by atoms with E-state index in [9.17, 15) is 0 Å². The van der Waals surface area contributed by atoms with Gasteiger partial charge in [0, 0.05) is 18.8 Å². The largest absolute Gasteiger partial charge is 0.455 e. The van der Waals surface area contributed by atoms with Crippen LogP contribution in [-0.2, 0) is 0 Å². The Bertz CT molecular complexity index is 566. The van der Waals surface area contributed by atoms with Gasteiger partial charge in [-0.25, -0.2) is 0 Å². The standard InChI is InChI=1S/C14H14N2O/c1-2-13-12(16-3-1)6-14(17-13)9-4-10-7-15-8-11(10)5-9/h1-4,6,10-11,15H,5,7-8H2. The third-order valence-corrected chi connectivity index (χ3v) is 3.89. The molecule has 0 radical (unpaired) electrons. The summed E-state index contributed by atoms with van der Waals surface area (Å²) in [7, 11) is 0. The van der Waals surface area contributed by atoms with Gasteiger partial charge in [0.2, 0.25) is 0 Å². The Hall–Kier alpha value is -1.61. The van der Waals surface area contributed by atoms with Gasteiger partial charge >= 0.3 is 0 Å². The Morgan fingerprint density at radius 1 is 1.35 bits per heavy atom. The molecular formula is C14H14N2O. The first-order valence-electron chi connectivity index (χ1n) is 6.16. The molecule has 2 unspecified atom stereocenters. The highest BCUT2D eigenvalue weighted by Gasteiger charge is 2.32. The van der Waals surface area contributed by atoms with Crippen molar-refractivity contribution in [3.63, 3.8) is 0 Å². The van der Waals surface area contributed by atoms with Crippen molar-refractivity contribution in [2.45, 2.75) is 6.42 Å². The van der Waals surface area contributed by atoms with Crippen LogP contribution >= 0.6 is 0 Å². The zero-order valence-corrected chi connectivity index (χ0v) is 9.52. The van der Waals surface area contributed by atoms with E-state index in [-0.39, 0.29) is 0 Å². The van der Waals surface area contributed by atoms with Crippen LogP contribution in [0.4, 0.5) is 0 Å². The van der Waals surface area contributed by atoms with Gasteiger partial charge in [0.1, 0.15) is 11.3 Å². The average Bonchev–Trinajstić information content (AvgIpc) is 3.01. The number of nitrogens with one attached hydrogen (secondary N) is 1. The molecular weight excluding hydrogens is 212 g/mol. The smallest absolute Gasteiger partial charge is 0.153 e. The molecule has 1 aliphatic carbocycles. The van der Waals surface area contributed by atoms with Gasteiger partial charge in [0.25, 0.3) is 0 Å². The minimum absolute atomic E-state index is 0.700. The lowest BCUT2D eigenvalue weighted by Crippen LogP contribution is -2.09. The van der Waals surface area contributed by atoms with Crippen LogP contribution in [0.15, 0.2) is 34.9 Å². The minimum Gasteiger partial charge on any atom is -0.455 e. The summed E-state index contributed by atoms with van der Waals surface area (Å²) in [4.78, 5) is 4.31. The monoisotopic (exact) mass is 226 g/mol. The summed E-state index contributed by atoms with van der Waals surface area (Å²) in [5.74, 6) is 2.48. The molecule has 0 spiro atoms. The van der Waals surface area contributed by atoms with E-state index in [1.807, 2.05) is 18.3 Å². The van der Waals surface area contributed by atoms with E-state index in [0.29, 0.717) is 5.92 Å². The number of furan rings is 1. The lowest BCUT2D eigenvalue weighted by atomic mass is 9.99. The fourth-order valence-corrected chi connectivity index (χ4v) is 2.99. The average molecular weight is 226 g/mol. The van der Waals surface area contributed by atoms with Crippen molar-refractivity contribution < 1.29 is 4.42 Å². The van der Waals surface area contributed by atoms with E-state index in [2.05, 4.69) is 22.4 Å². The number of rotatable bonds is 1. The quantitative estimate of drug-likeness (QED) is 0.811. The first kappa shape index (κ1) is 9.42. The fourth-order valence-electron chi connectivity index (χ4n) is 2.99. The predicted octanol–water partition coefficient (Wildman–Crippen LogP) is 2.45. The van der Waals surface area contributed by atoms with Gasteiger partial charge in [0.05, 0.1) is 0 Å². The van der Waals surface area contributed by atoms with Crippen molar-refractivity contribution >= 4 is 16.7 Å². The number of hydrogen-bond acceptors (Lipinski definition) is 3. The van der Waals surface area contributed by atoms with E-state index in [4.69, 9.17) is 4.42 Å². The summed E-state index contributed by atoms with van der Waals surface area (Å²) >= 11 is 0.